The molecule has 5 rings (SSSR count). The van der Waals surface area contributed by atoms with E-state index < -0.39 is 5.97 Å². The maximum absolute atomic E-state index is 12.1. The normalized spacial score (nSPS) is 15.5. The monoisotopic (exact) mass is 452 g/mol. The molecule has 0 saturated carbocycles. The van der Waals surface area contributed by atoms with E-state index in [4.69, 9.17) is 0 Å². The van der Waals surface area contributed by atoms with E-state index in [1.807, 2.05) is 18.2 Å². The molecular formula is C30H32N2O2. The van der Waals surface area contributed by atoms with Crippen LogP contribution in [0.5, 0.6) is 0 Å². The van der Waals surface area contributed by atoms with Gasteiger partial charge >= 0.3 is 5.97 Å². The lowest BCUT2D eigenvalue weighted by molar-refractivity contribution is 0.0690. The van der Waals surface area contributed by atoms with Gasteiger partial charge in [0.1, 0.15) is 5.69 Å². The third kappa shape index (κ3) is 4.21. The number of aryl methyl sites for hydroxylation is 2. The summed E-state index contributed by atoms with van der Waals surface area (Å²) >= 11 is 0. The second-order valence-corrected chi connectivity index (χ2v) is 9.67. The second-order valence-electron chi connectivity index (χ2n) is 9.67. The minimum Gasteiger partial charge on any atom is -0.477 e. The Morgan fingerprint density at radius 3 is 2.59 bits per heavy atom. The quantitative estimate of drug-likeness (QED) is 0.301. The summed E-state index contributed by atoms with van der Waals surface area (Å²) in [7, 11) is 0. The summed E-state index contributed by atoms with van der Waals surface area (Å²) in [4.78, 5) is 17.9. The molecule has 0 radical (unpaired) electrons. The van der Waals surface area contributed by atoms with Gasteiger partial charge in [0.2, 0.25) is 0 Å². The number of nitrogens with one attached hydrogen (secondary N) is 1. The molecule has 1 unspecified atom stereocenters. The van der Waals surface area contributed by atoms with E-state index in [0.29, 0.717) is 11.6 Å². The molecule has 4 nitrogen and oxygen atoms in total. The third-order valence-electron chi connectivity index (χ3n) is 7.13. The van der Waals surface area contributed by atoms with Crippen LogP contribution in [0.3, 0.4) is 0 Å². The molecule has 1 aromatic heterocycles. The summed E-state index contributed by atoms with van der Waals surface area (Å²) in [6.07, 6.45) is 3.89. The molecule has 0 bridgehead atoms. The van der Waals surface area contributed by atoms with Gasteiger partial charge in [-0.3, -0.25) is 0 Å². The minimum absolute atomic E-state index is 0.327. The lowest BCUT2D eigenvalue weighted by atomic mass is 9.93. The molecule has 1 atom stereocenters. The number of carbonyl (C=O) groups is 1. The van der Waals surface area contributed by atoms with E-state index in [1.165, 1.54) is 16.8 Å². The fourth-order valence-electron chi connectivity index (χ4n) is 5.54. The van der Waals surface area contributed by atoms with Gasteiger partial charge in [-0.05, 0) is 66.8 Å². The summed E-state index contributed by atoms with van der Waals surface area (Å²) in [6, 6.07) is 23.2. The number of aromatic amines is 1. The first-order valence-corrected chi connectivity index (χ1v) is 12.3. The van der Waals surface area contributed by atoms with Crippen molar-refractivity contribution < 1.29 is 9.90 Å². The first-order chi connectivity index (χ1) is 16.5. The molecule has 174 valence electrons. The van der Waals surface area contributed by atoms with E-state index >= 15 is 0 Å². The molecule has 3 aromatic carbocycles. The highest BCUT2D eigenvalue weighted by molar-refractivity contribution is 6.03. The molecular weight excluding hydrogens is 420 g/mol. The fraction of sp³-hybridized carbons (Fsp3) is 0.300. The van der Waals surface area contributed by atoms with Gasteiger partial charge in [-0.15, -0.1) is 0 Å². The first kappa shape index (κ1) is 22.3. The van der Waals surface area contributed by atoms with Gasteiger partial charge in [0, 0.05) is 29.7 Å². The van der Waals surface area contributed by atoms with Crippen LogP contribution in [-0.4, -0.2) is 29.1 Å². The number of nitrogens with zero attached hydrogens (tertiary/aromatic N) is 1. The average Bonchev–Trinajstić information content (AvgIpc) is 3.21. The Hall–Kier alpha value is -3.53. The van der Waals surface area contributed by atoms with Crippen molar-refractivity contribution in [3.63, 3.8) is 0 Å². The van der Waals surface area contributed by atoms with Crippen LogP contribution in [0.2, 0.25) is 0 Å². The van der Waals surface area contributed by atoms with Crippen LogP contribution in [0.15, 0.2) is 66.7 Å². The van der Waals surface area contributed by atoms with E-state index in [2.05, 4.69) is 72.3 Å². The van der Waals surface area contributed by atoms with Crippen molar-refractivity contribution in [2.75, 3.05) is 18.0 Å². The fourth-order valence-corrected chi connectivity index (χ4v) is 5.54. The Kier molecular flexibility index (Phi) is 6.14. The smallest absolute Gasteiger partial charge is 0.352 e. The number of para-hydroxylation sites is 2. The van der Waals surface area contributed by atoms with E-state index in [1.54, 1.807) is 0 Å². The molecule has 2 N–H and O–H groups in total. The van der Waals surface area contributed by atoms with Gasteiger partial charge in [0.15, 0.2) is 0 Å². The van der Waals surface area contributed by atoms with E-state index in [9.17, 15) is 9.90 Å². The van der Waals surface area contributed by atoms with Gasteiger partial charge in [-0.2, -0.15) is 0 Å². The summed E-state index contributed by atoms with van der Waals surface area (Å²) in [5.41, 5.74) is 8.34. The maximum Gasteiger partial charge on any atom is 0.352 e. The average molecular weight is 453 g/mol. The summed E-state index contributed by atoms with van der Waals surface area (Å²) in [6.45, 7) is 6.50. The number of rotatable bonds is 7. The van der Waals surface area contributed by atoms with Crippen molar-refractivity contribution in [1.29, 1.82) is 0 Å². The van der Waals surface area contributed by atoms with Gasteiger partial charge in [0.05, 0.1) is 5.52 Å². The van der Waals surface area contributed by atoms with Gasteiger partial charge in [-0.25, -0.2) is 4.79 Å². The number of carboxylic acid groups (broad SMARTS) is 1. The molecule has 4 heteroatoms. The highest BCUT2D eigenvalue weighted by Crippen LogP contribution is 2.34. The van der Waals surface area contributed by atoms with Crippen molar-refractivity contribution in [2.45, 2.75) is 39.5 Å². The SMILES string of the molecule is Cc1ccccc1-c1cccc2c(CCCCN3CC(C)Cc4ccccc43)c(C(=O)O)[nH]c12. The Balaban J connectivity index is 1.37. The summed E-state index contributed by atoms with van der Waals surface area (Å²) < 4.78 is 0. The Bertz CT molecular complexity index is 1340. The number of hydrogen-bond acceptors (Lipinski definition) is 2. The standard InChI is InChI=1S/C30H32N2O2/c1-20-18-22-11-4-6-16-27(22)32(19-20)17-8-7-13-26-25-15-9-14-24(23-12-5-3-10-21(23)2)28(25)31-29(26)30(33)34/h3-6,9-12,14-16,20,31H,7-8,13,17-19H2,1-2H3,(H,33,34). The second kappa shape index (κ2) is 9.38. The summed E-state index contributed by atoms with van der Waals surface area (Å²) in [5.74, 6) is -0.234. The predicted molar refractivity (Wildman–Crippen MR) is 140 cm³/mol. The molecule has 0 spiro atoms. The molecule has 1 aliphatic rings. The van der Waals surface area contributed by atoms with Crippen molar-refractivity contribution in [3.8, 4) is 11.1 Å². The Morgan fingerprint density at radius 1 is 1.00 bits per heavy atom. The third-order valence-corrected chi connectivity index (χ3v) is 7.13. The molecule has 0 amide bonds. The topological polar surface area (TPSA) is 56.3 Å². The molecule has 1 aliphatic heterocycles. The van der Waals surface area contributed by atoms with E-state index in [-0.39, 0.29) is 0 Å². The van der Waals surface area contributed by atoms with Crippen molar-refractivity contribution in [1.82, 2.24) is 4.98 Å². The van der Waals surface area contributed by atoms with Crippen molar-refractivity contribution in [2.24, 2.45) is 5.92 Å². The number of unbranched alkanes of at least 4 members (excludes halogenated alkanes) is 1. The van der Waals surface area contributed by atoms with Crippen molar-refractivity contribution >= 4 is 22.6 Å². The zero-order valence-corrected chi connectivity index (χ0v) is 20.0. The molecule has 2 heterocycles. The molecule has 34 heavy (non-hydrogen) atoms. The number of fused-ring (bicyclic) bond motifs is 2. The van der Waals surface area contributed by atoms with Gasteiger partial charge in [-0.1, -0.05) is 67.6 Å². The van der Waals surface area contributed by atoms with E-state index in [0.717, 1.165) is 66.4 Å². The zero-order valence-electron chi connectivity index (χ0n) is 20.0. The minimum atomic E-state index is -0.888. The summed E-state index contributed by atoms with van der Waals surface area (Å²) in [5, 5.41) is 11.0. The molecule has 4 aromatic rings. The van der Waals surface area contributed by atoms with Crippen LogP contribution in [0.1, 0.15) is 46.9 Å². The van der Waals surface area contributed by atoms with Crippen LogP contribution >= 0.6 is 0 Å². The number of aromatic nitrogens is 1. The lowest BCUT2D eigenvalue weighted by Crippen LogP contribution is -2.35. The number of H-pyrrole nitrogens is 1. The van der Waals surface area contributed by atoms with Crippen LogP contribution in [-0.2, 0) is 12.8 Å². The number of carboxylic acids is 1. The number of hydrogen-bond donors (Lipinski definition) is 2. The van der Waals surface area contributed by atoms with Crippen LogP contribution < -0.4 is 4.90 Å². The first-order valence-electron chi connectivity index (χ1n) is 12.3. The van der Waals surface area contributed by atoms with Gasteiger partial charge in [0.25, 0.3) is 0 Å². The Labute approximate surface area is 201 Å². The largest absolute Gasteiger partial charge is 0.477 e. The highest BCUT2D eigenvalue weighted by atomic mass is 16.4. The maximum atomic E-state index is 12.1. The number of benzene rings is 3. The zero-order chi connectivity index (χ0) is 23.7. The van der Waals surface area contributed by atoms with Gasteiger partial charge < -0.3 is 15.0 Å². The number of aromatic carboxylic acids is 1. The van der Waals surface area contributed by atoms with Crippen LogP contribution in [0.25, 0.3) is 22.0 Å². The van der Waals surface area contributed by atoms with Crippen molar-refractivity contribution in [3.05, 3.63) is 89.1 Å². The van der Waals surface area contributed by atoms with Crippen LogP contribution in [0.4, 0.5) is 5.69 Å². The van der Waals surface area contributed by atoms with Crippen LogP contribution in [0, 0.1) is 12.8 Å². The number of anilines is 1. The highest BCUT2D eigenvalue weighted by Gasteiger charge is 2.22. The molecule has 0 fully saturated rings. The Morgan fingerprint density at radius 2 is 1.76 bits per heavy atom. The predicted octanol–water partition coefficient (Wildman–Crippen LogP) is 6.86. The lowest BCUT2D eigenvalue weighted by Gasteiger charge is -2.35. The molecule has 0 saturated heterocycles. The molecule has 0 aliphatic carbocycles.